The van der Waals surface area contributed by atoms with Crippen molar-refractivity contribution in [2.75, 3.05) is 44.7 Å². The van der Waals surface area contributed by atoms with E-state index >= 15 is 0 Å². The molecule has 7 rings (SSSR count). The number of nitrogens with one attached hydrogen (secondary N) is 1. The Balaban J connectivity index is 1.11. The number of carbonyl (C=O) groups is 1. The minimum Gasteiger partial charge on any atom is -0.496 e. The molecule has 2 saturated heterocycles. The van der Waals surface area contributed by atoms with Crippen LogP contribution in [-0.4, -0.2) is 65.5 Å². The maximum Gasteiger partial charge on any atom is 0.253 e. The molecule has 226 valence electrons. The van der Waals surface area contributed by atoms with Crippen LogP contribution in [0.25, 0.3) is 10.9 Å². The molecule has 1 saturated carbocycles. The number of nitrogens with zero attached hydrogens (tertiary/aromatic N) is 5. The number of likely N-dealkylation sites (tertiary alicyclic amines) is 1. The lowest BCUT2D eigenvalue weighted by molar-refractivity contribution is -0.0298. The van der Waals surface area contributed by atoms with Gasteiger partial charge in [-0.05, 0) is 92.1 Å². The topological polar surface area (TPSA) is 88.5 Å². The number of methoxy groups -OCH3 is 1. The Hall–Kier alpha value is -4.35. The number of benzene rings is 2. The number of ether oxygens (including phenoxy) is 1. The van der Waals surface area contributed by atoms with Gasteiger partial charge >= 0.3 is 0 Å². The van der Waals surface area contributed by atoms with E-state index < -0.39 is 0 Å². The van der Waals surface area contributed by atoms with Crippen LogP contribution >= 0.6 is 0 Å². The predicted octanol–water partition coefficient (Wildman–Crippen LogP) is 6.10. The highest BCUT2D eigenvalue weighted by Gasteiger charge is 2.49. The molecule has 0 bridgehead atoms. The Bertz CT molecular complexity index is 1680. The molecule has 1 aliphatic carbocycles. The molecule has 0 radical (unpaired) electrons. The molecule has 2 aromatic carbocycles. The second kappa shape index (κ2) is 11.6. The van der Waals surface area contributed by atoms with Crippen LogP contribution < -0.4 is 9.64 Å². The predicted molar refractivity (Wildman–Crippen MR) is 172 cm³/mol. The second-order valence-electron chi connectivity index (χ2n) is 12.9. The summed E-state index contributed by atoms with van der Waals surface area (Å²) in [6, 6.07) is 21.3. The maximum absolute atomic E-state index is 13.5. The number of aromatic amines is 1. The molecular formula is C36H40N6O2. The van der Waals surface area contributed by atoms with Crippen molar-refractivity contribution in [2.24, 2.45) is 11.3 Å². The molecule has 2 aromatic heterocycles. The highest BCUT2D eigenvalue weighted by molar-refractivity contribution is 5.94. The Morgan fingerprint density at radius 1 is 1.07 bits per heavy atom. The largest absolute Gasteiger partial charge is 0.496 e. The number of aromatic nitrogens is 2. The first-order valence-electron chi connectivity index (χ1n) is 15.8. The van der Waals surface area contributed by atoms with Gasteiger partial charge in [0.05, 0.1) is 13.2 Å². The van der Waals surface area contributed by atoms with Crippen molar-refractivity contribution in [2.45, 2.75) is 45.2 Å². The van der Waals surface area contributed by atoms with E-state index in [1.165, 1.54) is 22.1 Å². The van der Waals surface area contributed by atoms with E-state index in [1.54, 1.807) is 7.11 Å². The van der Waals surface area contributed by atoms with Crippen LogP contribution in [0.3, 0.4) is 0 Å². The van der Waals surface area contributed by atoms with Crippen LogP contribution in [-0.2, 0) is 6.54 Å². The van der Waals surface area contributed by atoms with Gasteiger partial charge in [-0.25, -0.2) is 4.98 Å². The van der Waals surface area contributed by atoms with E-state index in [2.05, 4.69) is 57.0 Å². The van der Waals surface area contributed by atoms with E-state index in [9.17, 15) is 10.1 Å². The average molecular weight is 589 g/mol. The van der Waals surface area contributed by atoms with Gasteiger partial charge in [-0.15, -0.1) is 0 Å². The van der Waals surface area contributed by atoms with Crippen LogP contribution in [0.1, 0.15) is 58.8 Å². The molecule has 3 aliphatic rings. The molecular weight excluding hydrogens is 548 g/mol. The van der Waals surface area contributed by atoms with Gasteiger partial charge in [0.15, 0.2) is 0 Å². The Morgan fingerprint density at radius 3 is 2.57 bits per heavy atom. The van der Waals surface area contributed by atoms with Gasteiger partial charge in [-0.1, -0.05) is 18.2 Å². The lowest BCUT2D eigenvalue weighted by atomic mass is 9.56. The number of hydrogen-bond acceptors (Lipinski definition) is 6. The van der Waals surface area contributed by atoms with Gasteiger partial charge in [0, 0.05) is 79.1 Å². The molecule has 4 heterocycles. The number of carbonyl (C=O) groups excluding carboxylic acids is 1. The number of piperidine rings is 1. The zero-order valence-electron chi connectivity index (χ0n) is 25.6. The summed E-state index contributed by atoms with van der Waals surface area (Å²) in [5.41, 5.74) is 5.73. The quantitative estimate of drug-likeness (QED) is 0.293. The standard InChI is InChI=1S/C36H40N6O2/c1-25-19-32(44-2)30(29-10-13-39-34(25)29)24-42-14-11-36(20-26(21-36)23-37)22-31(42)27-6-8-28(9-7-27)35(43)41-17-15-40(16-18-41)33-5-3-4-12-38-33/h3-10,12-13,19,26,31,39H,11,14-18,20-22,24H2,1-2H3. The monoisotopic (exact) mass is 588 g/mol. The number of fused-ring (bicyclic) bond motifs is 1. The zero-order chi connectivity index (χ0) is 30.3. The van der Waals surface area contributed by atoms with Crippen molar-refractivity contribution < 1.29 is 9.53 Å². The smallest absolute Gasteiger partial charge is 0.253 e. The molecule has 8 nitrogen and oxygen atoms in total. The zero-order valence-corrected chi connectivity index (χ0v) is 25.6. The minimum atomic E-state index is 0.0873. The summed E-state index contributed by atoms with van der Waals surface area (Å²) in [7, 11) is 1.75. The molecule has 1 spiro atoms. The number of nitriles is 1. The molecule has 1 atom stereocenters. The first kappa shape index (κ1) is 28.4. The van der Waals surface area contributed by atoms with Crippen molar-refractivity contribution in [3.63, 3.8) is 0 Å². The molecule has 8 heteroatoms. The van der Waals surface area contributed by atoms with Gasteiger partial charge in [0.1, 0.15) is 11.6 Å². The first-order chi connectivity index (χ1) is 21.5. The summed E-state index contributed by atoms with van der Waals surface area (Å²) in [6.45, 7) is 6.78. The van der Waals surface area contributed by atoms with Crippen LogP contribution in [0.2, 0.25) is 0 Å². The molecule has 44 heavy (non-hydrogen) atoms. The maximum atomic E-state index is 13.5. The highest BCUT2D eigenvalue weighted by atomic mass is 16.5. The highest BCUT2D eigenvalue weighted by Crippen LogP contribution is 2.57. The first-order valence-corrected chi connectivity index (χ1v) is 15.8. The summed E-state index contributed by atoms with van der Waals surface area (Å²) in [6.07, 6.45) is 7.93. The van der Waals surface area contributed by atoms with Gasteiger partial charge in [0.2, 0.25) is 0 Å². The molecule has 2 aliphatic heterocycles. The van der Waals surface area contributed by atoms with Gasteiger partial charge in [0.25, 0.3) is 5.91 Å². The summed E-state index contributed by atoms with van der Waals surface area (Å²) >= 11 is 0. The number of anilines is 1. The van der Waals surface area contributed by atoms with Crippen LogP contribution in [0, 0.1) is 29.6 Å². The van der Waals surface area contributed by atoms with Gasteiger partial charge in [-0.3, -0.25) is 9.69 Å². The number of amides is 1. The fourth-order valence-corrected chi connectivity index (χ4v) is 7.84. The summed E-state index contributed by atoms with van der Waals surface area (Å²) in [4.78, 5) is 28.1. The third-order valence-corrected chi connectivity index (χ3v) is 10.3. The summed E-state index contributed by atoms with van der Waals surface area (Å²) in [5, 5.41) is 10.7. The van der Waals surface area contributed by atoms with Crippen LogP contribution in [0.4, 0.5) is 5.82 Å². The molecule has 1 N–H and O–H groups in total. The number of hydrogen-bond donors (Lipinski definition) is 1. The Labute approximate surface area is 259 Å². The van der Waals surface area contributed by atoms with Crippen molar-refractivity contribution in [3.05, 3.63) is 89.2 Å². The minimum absolute atomic E-state index is 0.0873. The second-order valence-corrected chi connectivity index (χ2v) is 12.9. The Morgan fingerprint density at radius 2 is 1.86 bits per heavy atom. The van der Waals surface area contributed by atoms with Crippen molar-refractivity contribution in [3.8, 4) is 11.8 Å². The molecule has 1 amide bonds. The number of rotatable bonds is 6. The van der Waals surface area contributed by atoms with Gasteiger partial charge < -0.3 is 19.5 Å². The molecule has 1 unspecified atom stereocenters. The summed E-state index contributed by atoms with van der Waals surface area (Å²) in [5.74, 6) is 2.15. The van der Waals surface area contributed by atoms with Crippen molar-refractivity contribution in [1.82, 2.24) is 19.8 Å². The van der Waals surface area contributed by atoms with E-state index in [1.807, 2.05) is 47.6 Å². The third-order valence-electron chi connectivity index (χ3n) is 10.3. The fourth-order valence-electron chi connectivity index (χ4n) is 7.84. The number of aryl methyl sites for hydroxylation is 1. The van der Waals surface area contributed by atoms with E-state index in [0.29, 0.717) is 13.1 Å². The van der Waals surface area contributed by atoms with Gasteiger partial charge in [-0.2, -0.15) is 5.26 Å². The molecule has 3 fully saturated rings. The van der Waals surface area contributed by atoms with E-state index in [-0.39, 0.29) is 23.3 Å². The van der Waals surface area contributed by atoms with E-state index in [4.69, 9.17) is 4.74 Å². The van der Waals surface area contributed by atoms with Crippen LogP contribution in [0.15, 0.2) is 67.0 Å². The average Bonchev–Trinajstić information content (AvgIpc) is 3.56. The third kappa shape index (κ3) is 5.20. The SMILES string of the molecule is COc1cc(C)c2[nH]ccc2c1CN1CCC2(CC(C#N)C2)CC1c1ccc(C(=O)N2CCN(c3ccccn3)CC2)cc1. The lowest BCUT2D eigenvalue weighted by Crippen LogP contribution is -2.49. The number of piperazine rings is 1. The van der Waals surface area contributed by atoms with E-state index in [0.717, 1.165) is 74.5 Å². The fraction of sp³-hybridized carbons (Fsp3) is 0.417. The normalized spacial score (nSPS) is 23.8. The number of pyridine rings is 1. The lowest BCUT2D eigenvalue weighted by Gasteiger charge is -2.53. The molecule has 4 aromatic rings. The number of H-pyrrole nitrogens is 1. The van der Waals surface area contributed by atoms with Crippen molar-refractivity contribution in [1.29, 1.82) is 5.26 Å². The van der Waals surface area contributed by atoms with Crippen LogP contribution in [0.5, 0.6) is 5.75 Å². The van der Waals surface area contributed by atoms with Crippen molar-refractivity contribution >= 4 is 22.6 Å². The Kier molecular flexibility index (Phi) is 7.51. The summed E-state index contributed by atoms with van der Waals surface area (Å²) < 4.78 is 5.89.